The van der Waals surface area contributed by atoms with Crippen LogP contribution < -0.4 is 9.46 Å². The Kier molecular flexibility index (Phi) is 4.87. The minimum Gasteiger partial charge on any atom is -0.497 e. The van der Waals surface area contributed by atoms with Gasteiger partial charge in [-0.1, -0.05) is 12.1 Å². The maximum atomic E-state index is 13.4. The molecule has 1 heterocycles. The molecule has 0 atom stereocenters. The Balaban J connectivity index is 1.97. The smallest absolute Gasteiger partial charge is 0.261 e. The van der Waals surface area contributed by atoms with Crippen LogP contribution in [0.3, 0.4) is 0 Å². The van der Waals surface area contributed by atoms with E-state index in [-0.39, 0.29) is 6.54 Å². The average Bonchev–Trinajstić information content (AvgIpc) is 2.48. The zero-order valence-electron chi connectivity index (χ0n) is 11.4. The number of nitrogens with one attached hydrogen (secondary N) is 1. The normalized spacial score (nSPS) is 11.3. The van der Waals surface area contributed by atoms with Gasteiger partial charge in [0, 0.05) is 12.7 Å². The largest absolute Gasteiger partial charge is 0.497 e. The first-order valence-electron chi connectivity index (χ1n) is 6.26. The number of nitrogens with zero attached hydrogens (tertiary/aromatic N) is 1. The summed E-state index contributed by atoms with van der Waals surface area (Å²) in [4.78, 5) is 3.56. The van der Waals surface area contributed by atoms with Crippen molar-refractivity contribution in [2.75, 3.05) is 13.7 Å². The molecule has 0 bridgehead atoms. The van der Waals surface area contributed by atoms with Gasteiger partial charge in [0.05, 0.1) is 7.11 Å². The van der Waals surface area contributed by atoms with Crippen molar-refractivity contribution in [3.63, 3.8) is 0 Å². The molecule has 0 fully saturated rings. The third kappa shape index (κ3) is 3.99. The van der Waals surface area contributed by atoms with E-state index in [1.807, 2.05) is 12.1 Å². The molecule has 0 aliphatic rings. The van der Waals surface area contributed by atoms with Crippen molar-refractivity contribution in [3.05, 3.63) is 54.0 Å². The molecule has 0 saturated carbocycles. The maximum Gasteiger partial charge on any atom is 0.261 e. The second-order valence-corrected chi connectivity index (χ2v) is 5.97. The molecule has 0 unspecified atom stereocenters. The van der Waals surface area contributed by atoms with E-state index >= 15 is 0 Å². The Labute approximate surface area is 122 Å². The summed E-state index contributed by atoms with van der Waals surface area (Å²) in [5.41, 5.74) is 0.944. The van der Waals surface area contributed by atoms with E-state index in [0.717, 1.165) is 17.4 Å². The summed E-state index contributed by atoms with van der Waals surface area (Å²) >= 11 is 0. The van der Waals surface area contributed by atoms with Crippen molar-refractivity contribution in [2.45, 2.75) is 11.4 Å². The van der Waals surface area contributed by atoms with Crippen LogP contribution in [-0.2, 0) is 16.4 Å². The number of aromatic nitrogens is 1. The number of pyridine rings is 1. The number of halogens is 1. The first-order valence-corrected chi connectivity index (χ1v) is 7.74. The molecule has 0 amide bonds. The van der Waals surface area contributed by atoms with Crippen LogP contribution in [0.15, 0.2) is 47.6 Å². The molecule has 0 aliphatic heterocycles. The second-order valence-electron chi connectivity index (χ2n) is 4.29. The summed E-state index contributed by atoms with van der Waals surface area (Å²) in [5, 5.41) is -0.584. The summed E-state index contributed by atoms with van der Waals surface area (Å²) in [6.45, 7) is 0.157. The van der Waals surface area contributed by atoms with Crippen LogP contribution in [0.5, 0.6) is 5.75 Å². The van der Waals surface area contributed by atoms with E-state index in [4.69, 9.17) is 4.74 Å². The summed E-state index contributed by atoms with van der Waals surface area (Å²) in [6, 6.07) is 9.67. The molecule has 21 heavy (non-hydrogen) atoms. The van der Waals surface area contributed by atoms with Crippen molar-refractivity contribution in [1.82, 2.24) is 9.71 Å². The van der Waals surface area contributed by atoms with E-state index in [9.17, 15) is 12.8 Å². The molecular weight excluding hydrogens is 295 g/mol. The van der Waals surface area contributed by atoms with Gasteiger partial charge in [-0.3, -0.25) is 0 Å². The molecule has 0 saturated heterocycles. The fourth-order valence-electron chi connectivity index (χ4n) is 1.76. The second kappa shape index (κ2) is 6.64. The molecular formula is C14H15FN2O3S. The van der Waals surface area contributed by atoms with Gasteiger partial charge in [-0.25, -0.2) is 22.5 Å². The molecule has 7 heteroatoms. The highest BCUT2D eigenvalue weighted by atomic mass is 32.2. The number of methoxy groups -OCH3 is 1. The van der Waals surface area contributed by atoms with Gasteiger partial charge in [0.1, 0.15) is 5.75 Å². The number of sulfonamides is 1. The molecule has 1 aromatic carbocycles. The van der Waals surface area contributed by atoms with Crippen molar-refractivity contribution in [2.24, 2.45) is 0 Å². The van der Waals surface area contributed by atoms with Gasteiger partial charge in [-0.15, -0.1) is 0 Å². The van der Waals surface area contributed by atoms with Crippen LogP contribution >= 0.6 is 0 Å². The third-order valence-corrected chi connectivity index (χ3v) is 4.24. The number of hydrogen-bond donors (Lipinski definition) is 1. The van der Waals surface area contributed by atoms with Crippen molar-refractivity contribution >= 4 is 10.0 Å². The number of benzene rings is 1. The van der Waals surface area contributed by atoms with E-state index in [1.165, 1.54) is 12.3 Å². The van der Waals surface area contributed by atoms with Crippen LogP contribution in [0.4, 0.5) is 4.39 Å². The van der Waals surface area contributed by atoms with Gasteiger partial charge in [-0.05, 0) is 36.2 Å². The number of hydrogen-bond acceptors (Lipinski definition) is 4. The molecule has 5 nitrogen and oxygen atoms in total. The van der Waals surface area contributed by atoms with E-state index in [2.05, 4.69) is 9.71 Å². The minimum absolute atomic E-state index is 0.157. The molecule has 0 radical (unpaired) electrons. The Hall–Kier alpha value is -1.99. The third-order valence-electron chi connectivity index (χ3n) is 2.84. The van der Waals surface area contributed by atoms with Crippen molar-refractivity contribution in [1.29, 1.82) is 0 Å². The number of ether oxygens (including phenoxy) is 1. The lowest BCUT2D eigenvalue weighted by molar-refractivity contribution is 0.414. The van der Waals surface area contributed by atoms with Gasteiger partial charge in [0.25, 0.3) is 10.0 Å². The Morgan fingerprint density at radius 3 is 2.57 bits per heavy atom. The van der Waals surface area contributed by atoms with Gasteiger partial charge in [-0.2, -0.15) is 0 Å². The molecule has 1 N–H and O–H groups in total. The topological polar surface area (TPSA) is 68.3 Å². The highest BCUT2D eigenvalue weighted by molar-refractivity contribution is 7.89. The van der Waals surface area contributed by atoms with Gasteiger partial charge in [0.2, 0.25) is 5.03 Å². The lowest BCUT2D eigenvalue weighted by atomic mass is 10.1. The van der Waals surface area contributed by atoms with Crippen LogP contribution in [0.2, 0.25) is 0 Å². The fraction of sp³-hybridized carbons (Fsp3) is 0.214. The van der Waals surface area contributed by atoms with Crippen molar-refractivity contribution < 1.29 is 17.5 Å². The Morgan fingerprint density at radius 1 is 1.24 bits per heavy atom. The van der Waals surface area contributed by atoms with E-state index in [1.54, 1.807) is 19.2 Å². The first kappa shape index (κ1) is 15.4. The number of rotatable bonds is 6. The van der Waals surface area contributed by atoms with Gasteiger partial charge >= 0.3 is 0 Å². The van der Waals surface area contributed by atoms with Crippen LogP contribution in [0, 0.1) is 5.82 Å². The van der Waals surface area contributed by atoms with Crippen molar-refractivity contribution in [3.8, 4) is 5.75 Å². The van der Waals surface area contributed by atoms with Gasteiger partial charge in [0.15, 0.2) is 5.82 Å². The monoisotopic (exact) mass is 310 g/mol. The Morgan fingerprint density at radius 2 is 1.95 bits per heavy atom. The van der Waals surface area contributed by atoms with Crippen LogP contribution in [0.25, 0.3) is 0 Å². The first-order chi connectivity index (χ1) is 10.0. The lowest BCUT2D eigenvalue weighted by Gasteiger charge is -2.07. The van der Waals surface area contributed by atoms with E-state index < -0.39 is 20.9 Å². The molecule has 2 rings (SSSR count). The van der Waals surface area contributed by atoms with E-state index in [0.29, 0.717) is 6.42 Å². The summed E-state index contributed by atoms with van der Waals surface area (Å²) in [7, 11) is -2.36. The summed E-state index contributed by atoms with van der Waals surface area (Å²) in [6.07, 6.45) is 1.72. The lowest BCUT2D eigenvalue weighted by Crippen LogP contribution is -2.27. The average molecular weight is 310 g/mol. The highest BCUT2D eigenvalue weighted by Crippen LogP contribution is 2.12. The quantitative estimate of drug-likeness (QED) is 0.882. The Bertz CT molecular complexity index is 702. The fourth-order valence-corrected chi connectivity index (χ4v) is 2.79. The zero-order chi connectivity index (χ0) is 15.3. The maximum absolute atomic E-state index is 13.4. The molecule has 1 aromatic heterocycles. The summed E-state index contributed by atoms with van der Waals surface area (Å²) in [5.74, 6) is -0.135. The molecule has 0 spiro atoms. The molecule has 0 aliphatic carbocycles. The van der Waals surface area contributed by atoms with Gasteiger partial charge < -0.3 is 4.74 Å². The predicted octanol–water partition coefficient (Wildman–Crippen LogP) is 1.75. The zero-order valence-corrected chi connectivity index (χ0v) is 12.2. The van der Waals surface area contributed by atoms with Crippen LogP contribution in [-0.4, -0.2) is 27.1 Å². The standard InChI is InChI=1S/C14H15FN2O3S/c1-20-12-6-4-11(5-7-12)8-10-17-21(18,19)14-13(15)3-2-9-16-14/h2-7,9,17H,8,10H2,1H3. The predicted molar refractivity (Wildman–Crippen MR) is 76.1 cm³/mol. The van der Waals surface area contributed by atoms with Crippen LogP contribution in [0.1, 0.15) is 5.56 Å². The SMILES string of the molecule is COc1ccc(CCNS(=O)(=O)c2ncccc2F)cc1. The summed E-state index contributed by atoms with van der Waals surface area (Å²) < 4.78 is 44.6. The molecule has 112 valence electrons. The minimum atomic E-state index is -3.93. The molecule has 2 aromatic rings. The highest BCUT2D eigenvalue weighted by Gasteiger charge is 2.19.